The fourth-order valence-corrected chi connectivity index (χ4v) is 2.27. The summed E-state index contributed by atoms with van der Waals surface area (Å²) in [6, 6.07) is 29.3. The molecular weight excluding hydrogens is 266 g/mol. The van der Waals surface area contributed by atoms with Crippen LogP contribution in [0.2, 0.25) is 0 Å². The average Bonchev–Trinajstić information content (AvgIpc) is 2.61. The predicted molar refractivity (Wildman–Crippen MR) is 95.6 cm³/mol. The van der Waals surface area contributed by atoms with Crippen molar-refractivity contribution in [3.05, 3.63) is 102 Å². The summed E-state index contributed by atoms with van der Waals surface area (Å²) in [5, 5.41) is 3.44. The molecule has 3 aromatic carbocycles. The second kappa shape index (κ2) is 7.28. The van der Waals surface area contributed by atoms with Crippen LogP contribution < -0.4 is 5.32 Å². The Bertz CT molecular complexity index is 713. The van der Waals surface area contributed by atoms with E-state index in [9.17, 15) is 0 Å². The van der Waals surface area contributed by atoms with Crippen LogP contribution in [0.3, 0.4) is 0 Å². The first-order chi connectivity index (χ1) is 10.9. The Hall–Kier alpha value is -2.80. The van der Waals surface area contributed by atoms with Crippen LogP contribution >= 0.6 is 0 Å². The van der Waals surface area contributed by atoms with Crippen molar-refractivity contribution in [2.75, 3.05) is 5.32 Å². The SMILES string of the molecule is C(=C\c1ccc(NCc2ccccc2)cc1)/c1ccccc1. The van der Waals surface area contributed by atoms with E-state index in [1.54, 1.807) is 0 Å². The van der Waals surface area contributed by atoms with Gasteiger partial charge in [0, 0.05) is 12.2 Å². The smallest absolute Gasteiger partial charge is 0.0400 e. The Labute approximate surface area is 132 Å². The van der Waals surface area contributed by atoms with E-state index in [0.717, 1.165) is 12.2 Å². The van der Waals surface area contributed by atoms with E-state index in [2.05, 4.69) is 90.3 Å². The van der Waals surface area contributed by atoms with Gasteiger partial charge in [-0.1, -0.05) is 84.9 Å². The third kappa shape index (κ3) is 4.10. The first-order valence-corrected chi connectivity index (χ1v) is 7.51. The van der Waals surface area contributed by atoms with Crippen molar-refractivity contribution in [2.45, 2.75) is 6.54 Å². The summed E-state index contributed by atoms with van der Waals surface area (Å²) in [5.41, 5.74) is 4.85. The van der Waals surface area contributed by atoms with Crippen molar-refractivity contribution >= 4 is 17.8 Å². The van der Waals surface area contributed by atoms with Gasteiger partial charge in [-0.3, -0.25) is 0 Å². The molecule has 0 aliphatic carbocycles. The summed E-state index contributed by atoms with van der Waals surface area (Å²) in [5.74, 6) is 0. The third-order valence-corrected chi connectivity index (χ3v) is 3.52. The van der Waals surface area contributed by atoms with Gasteiger partial charge in [0.25, 0.3) is 0 Å². The molecule has 22 heavy (non-hydrogen) atoms. The van der Waals surface area contributed by atoms with Gasteiger partial charge in [-0.05, 0) is 28.8 Å². The highest BCUT2D eigenvalue weighted by Gasteiger charge is 1.94. The maximum atomic E-state index is 3.44. The molecule has 0 heterocycles. The molecule has 0 saturated carbocycles. The molecule has 0 fully saturated rings. The van der Waals surface area contributed by atoms with Gasteiger partial charge in [-0.25, -0.2) is 0 Å². The van der Waals surface area contributed by atoms with E-state index in [-0.39, 0.29) is 0 Å². The van der Waals surface area contributed by atoms with Crippen LogP contribution in [0, 0.1) is 0 Å². The van der Waals surface area contributed by atoms with Gasteiger partial charge < -0.3 is 5.32 Å². The lowest BCUT2D eigenvalue weighted by Gasteiger charge is -2.06. The zero-order valence-electron chi connectivity index (χ0n) is 12.4. The molecule has 3 rings (SSSR count). The molecule has 0 unspecified atom stereocenters. The fraction of sp³-hybridized carbons (Fsp3) is 0.0476. The van der Waals surface area contributed by atoms with E-state index < -0.39 is 0 Å². The highest BCUT2D eigenvalue weighted by molar-refractivity contribution is 5.70. The summed E-state index contributed by atoms with van der Waals surface area (Å²) in [6.45, 7) is 0.847. The van der Waals surface area contributed by atoms with Gasteiger partial charge in [-0.2, -0.15) is 0 Å². The third-order valence-electron chi connectivity index (χ3n) is 3.52. The van der Waals surface area contributed by atoms with E-state index in [0.29, 0.717) is 0 Å². The molecule has 0 bridgehead atoms. The highest BCUT2D eigenvalue weighted by atomic mass is 14.9. The standard InChI is InChI=1S/C21H19N/c1-3-7-18(8-4-1)11-12-19-13-15-21(16-14-19)22-17-20-9-5-2-6-10-20/h1-16,22H,17H2/b12-11+. The van der Waals surface area contributed by atoms with Crippen molar-refractivity contribution in [1.29, 1.82) is 0 Å². The Kier molecular flexibility index (Phi) is 4.68. The molecule has 0 atom stereocenters. The van der Waals surface area contributed by atoms with Gasteiger partial charge in [0.1, 0.15) is 0 Å². The highest BCUT2D eigenvalue weighted by Crippen LogP contribution is 2.13. The van der Waals surface area contributed by atoms with Crippen LogP contribution in [-0.2, 0) is 6.54 Å². The summed E-state index contributed by atoms with van der Waals surface area (Å²) < 4.78 is 0. The Morgan fingerprint density at radius 2 is 1.14 bits per heavy atom. The topological polar surface area (TPSA) is 12.0 Å². The fourth-order valence-electron chi connectivity index (χ4n) is 2.27. The van der Waals surface area contributed by atoms with Gasteiger partial charge in [0.15, 0.2) is 0 Å². The minimum atomic E-state index is 0.847. The molecule has 3 aromatic rings. The normalized spacial score (nSPS) is 10.7. The number of benzene rings is 3. The van der Waals surface area contributed by atoms with Crippen LogP contribution in [-0.4, -0.2) is 0 Å². The summed E-state index contributed by atoms with van der Waals surface area (Å²) >= 11 is 0. The van der Waals surface area contributed by atoms with Gasteiger partial charge in [-0.15, -0.1) is 0 Å². The average molecular weight is 285 g/mol. The molecule has 1 heteroatoms. The van der Waals surface area contributed by atoms with Gasteiger partial charge >= 0.3 is 0 Å². The first kappa shape index (κ1) is 14.2. The summed E-state index contributed by atoms with van der Waals surface area (Å²) in [4.78, 5) is 0. The second-order valence-corrected chi connectivity index (χ2v) is 5.21. The predicted octanol–water partition coefficient (Wildman–Crippen LogP) is 5.47. The number of anilines is 1. The largest absolute Gasteiger partial charge is 0.381 e. The second-order valence-electron chi connectivity index (χ2n) is 5.21. The lowest BCUT2D eigenvalue weighted by Crippen LogP contribution is -1.98. The number of hydrogen-bond acceptors (Lipinski definition) is 1. The molecule has 0 amide bonds. The molecule has 1 N–H and O–H groups in total. The summed E-state index contributed by atoms with van der Waals surface area (Å²) in [6.07, 6.45) is 4.27. The monoisotopic (exact) mass is 285 g/mol. The maximum absolute atomic E-state index is 3.44. The zero-order valence-corrected chi connectivity index (χ0v) is 12.4. The van der Waals surface area contributed by atoms with E-state index >= 15 is 0 Å². The Balaban J connectivity index is 1.59. The van der Waals surface area contributed by atoms with Crippen LogP contribution in [0.1, 0.15) is 16.7 Å². The quantitative estimate of drug-likeness (QED) is 0.613. The lowest BCUT2D eigenvalue weighted by atomic mass is 10.1. The van der Waals surface area contributed by atoms with E-state index in [4.69, 9.17) is 0 Å². The Morgan fingerprint density at radius 3 is 1.77 bits per heavy atom. The molecule has 0 aromatic heterocycles. The number of hydrogen-bond donors (Lipinski definition) is 1. The minimum Gasteiger partial charge on any atom is -0.381 e. The zero-order chi connectivity index (χ0) is 15.0. The van der Waals surface area contributed by atoms with Gasteiger partial charge in [0.2, 0.25) is 0 Å². The van der Waals surface area contributed by atoms with Crippen molar-refractivity contribution in [3.63, 3.8) is 0 Å². The Morgan fingerprint density at radius 1 is 0.591 bits per heavy atom. The van der Waals surface area contributed by atoms with Gasteiger partial charge in [0.05, 0.1) is 0 Å². The molecule has 0 spiro atoms. The van der Waals surface area contributed by atoms with Crippen LogP contribution in [0.15, 0.2) is 84.9 Å². The van der Waals surface area contributed by atoms with Crippen molar-refractivity contribution in [1.82, 2.24) is 0 Å². The molecule has 0 aliphatic rings. The molecular formula is C21H19N. The molecule has 0 radical (unpaired) electrons. The van der Waals surface area contributed by atoms with Crippen molar-refractivity contribution in [3.8, 4) is 0 Å². The maximum Gasteiger partial charge on any atom is 0.0400 e. The number of rotatable bonds is 5. The molecule has 1 nitrogen and oxygen atoms in total. The van der Waals surface area contributed by atoms with Crippen LogP contribution in [0.4, 0.5) is 5.69 Å². The van der Waals surface area contributed by atoms with E-state index in [1.165, 1.54) is 16.7 Å². The van der Waals surface area contributed by atoms with Crippen molar-refractivity contribution < 1.29 is 0 Å². The van der Waals surface area contributed by atoms with Crippen molar-refractivity contribution in [2.24, 2.45) is 0 Å². The lowest BCUT2D eigenvalue weighted by molar-refractivity contribution is 1.15. The first-order valence-electron chi connectivity index (χ1n) is 7.51. The molecule has 108 valence electrons. The molecule has 0 saturated heterocycles. The minimum absolute atomic E-state index is 0.847. The molecule has 0 aliphatic heterocycles. The van der Waals surface area contributed by atoms with Crippen LogP contribution in [0.25, 0.3) is 12.2 Å². The summed E-state index contributed by atoms with van der Waals surface area (Å²) in [7, 11) is 0. The number of nitrogens with one attached hydrogen (secondary N) is 1. The van der Waals surface area contributed by atoms with E-state index in [1.807, 2.05) is 12.1 Å². The van der Waals surface area contributed by atoms with Crippen LogP contribution in [0.5, 0.6) is 0 Å².